The van der Waals surface area contributed by atoms with Crippen molar-refractivity contribution in [2.45, 2.75) is 203 Å². The molecule has 0 aromatic heterocycles. The maximum Gasteiger partial charge on any atom is 0.410 e. The van der Waals surface area contributed by atoms with E-state index in [0.29, 0.717) is 37.3 Å². The van der Waals surface area contributed by atoms with Crippen molar-refractivity contribution < 1.29 is 71.7 Å². The number of methoxy groups -OCH3 is 2. The number of nitrogens with zero attached hydrogens (tertiary/aromatic N) is 3. The van der Waals surface area contributed by atoms with Crippen LogP contribution in [0.1, 0.15) is 159 Å². The summed E-state index contributed by atoms with van der Waals surface area (Å²) in [6.07, 6.45) is 7.31. The first kappa shape index (κ1) is 93.3. The standard InChI is InChI=1S/C31H51N3O5.C25H37N6O7.C9H19NO2.C4H11N.CH3NO.Fm/c1-8-23(4)31(33(5)29(36)19-22(2)3)27(39-7)21-30(37)34-18-12-15-25(34)26(38-6)20-28(35)32-17-16-24-13-10-9-11-14-24;1-15(2)21(30-19(33)11-27-14-32)23(35)28-12-20(34)29-18-9-7-17(8-10-18)13-38-25(37)31(6)22(16(3)4)24(36)26-5;1-5-6-7-10-8(11)12-9(2,3)4;1-3-4-5-2;2-1-3;/h9-11,13-14,22-23,25-27,31H,8,12,15-21H2,1-7H3,(H,32,35);7-10,15-16,21-22H,11-13H2,1-6H3,(H,26,36)(H,27,32)(H,28,35)(H,29,34)(H,30,33);5-7H2,1-4H3,(H,10,11);5H,3-4H2,1-2H3;1H,(H2,2,3);/q;-1;;;;/t23-,25?,26?,27?,31?;;;;;/m0...../s1. The van der Waals surface area contributed by atoms with E-state index in [4.69, 9.17) is 23.7 Å². The van der Waals surface area contributed by atoms with E-state index in [-0.39, 0.29) is 111 Å². The molecule has 0 spiro atoms. The molecule has 98 heavy (non-hydrogen) atoms. The Morgan fingerprint density at radius 3 is 1.85 bits per heavy atom. The second-order valence-corrected chi connectivity index (χ2v) is 25.5. The number of carbonyl (C=O) groups is 10. The fourth-order valence-electron chi connectivity index (χ4n) is 10.1. The number of ether oxygens (including phenoxy) is 4. The molecule has 2 aromatic carbocycles. The number of nitrogens with one attached hydrogen (secondary N) is 8. The van der Waals surface area contributed by atoms with Crippen molar-refractivity contribution in [3.05, 3.63) is 65.7 Å². The molecule has 0 bridgehead atoms. The van der Waals surface area contributed by atoms with Gasteiger partial charge in [-0.2, -0.15) is 6.41 Å². The Morgan fingerprint density at radius 2 is 1.36 bits per heavy atom. The maximum absolute atomic E-state index is 13.6. The Bertz CT molecular complexity index is 2600. The molecule has 11 amide bonds. The molecule has 1 saturated heterocycles. The number of alkyl carbamates (subject to hydrolysis) is 1. The maximum atomic E-state index is 13.6. The summed E-state index contributed by atoms with van der Waals surface area (Å²) in [6, 6.07) is 14.7. The van der Waals surface area contributed by atoms with Gasteiger partial charge in [0.1, 0.15) is 24.3 Å². The van der Waals surface area contributed by atoms with Gasteiger partial charge in [-0.05, 0) is 113 Å². The third-order valence-electron chi connectivity index (χ3n) is 15.2. The van der Waals surface area contributed by atoms with Gasteiger partial charge in [-0.25, -0.2) is 9.59 Å². The molecule has 1 aliphatic rings. The minimum atomic E-state index is -0.892. The third-order valence-corrected chi connectivity index (χ3v) is 15.2. The Kier molecular flexibility index (Phi) is 50.6. The predicted molar refractivity (Wildman–Crippen MR) is 377 cm³/mol. The molecule has 564 valence electrons. The molecule has 7 atom stereocenters. The average Bonchev–Trinajstić information content (AvgIpc) is 1.50. The molecular formula is C70H121FmN12O15-. The van der Waals surface area contributed by atoms with Crippen LogP contribution < -0.4 is 48.3 Å². The van der Waals surface area contributed by atoms with Crippen molar-refractivity contribution in [2.75, 3.05) is 87.0 Å². The number of hydrogen-bond donors (Lipinski definition) is 9. The van der Waals surface area contributed by atoms with Crippen LogP contribution in [0.5, 0.6) is 0 Å². The number of primary amides is 1. The van der Waals surface area contributed by atoms with Gasteiger partial charge in [0.05, 0.1) is 50.2 Å². The van der Waals surface area contributed by atoms with Crippen LogP contribution in [0.15, 0.2) is 54.6 Å². The first-order valence-corrected chi connectivity index (χ1v) is 33.7. The van der Waals surface area contributed by atoms with E-state index in [1.54, 1.807) is 57.2 Å². The van der Waals surface area contributed by atoms with Crippen LogP contribution in [-0.4, -0.2) is 205 Å². The topological polar surface area (TPSA) is 357 Å². The number of unbranched alkanes of at least 4 members (excludes halogenated alkanes) is 1. The van der Waals surface area contributed by atoms with Crippen molar-refractivity contribution in [3.8, 4) is 0 Å². The van der Waals surface area contributed by atoms with Gasteiger partial charge in [0.15, 0.2) is 0 Å². The van der Waals surface area contributed by atoms with Crippen molar-refractivity contribution in [1.29, 1.82) is 0 Å². The van der Waals surface area contributed by atoms with E-state index in [0.717, 1.165) is 45.1 Å². The summed E-state index contributed by atoms with van der Waals surface area (Å²) in [5.74, 6) is -1.85. The van der Waals surface area contributed by atoms with Crippen LogP contribution in [0.2, 0.25) is 0 Å². The first-order valence-electron chi connectivity index (χ1n) is 33.7. The van der Waals surface area contributed by atoms with E-state index < -0.39 is 47.6 Å². The number of likely N-dealkylation sites (tertiary alicyclic amines) is 1. The molecule has 2 aromatic rings. The van der Waals surface area contributed by atoms with Crippen molar-refractivity contribution >= 4 is 72.0 Å². The molecule has 1 heterocycles. The number of hydrogen-bond acceptors (Lipinski definition) is 16. The van der Waals surface area contributed by atoms with Crippen LogP contribution in [0.25, 0.3) is 0 Å². The molecule has 10 N–H and O–H groups in total. The molecule has 6 unspecified atom stereocenters. The van der Waals surface area contributed by atoms with Gasteiger partial charge < -0.3 is 81.8 Å². The monoisotopic (exact) mass is 1630 g/mol. The molecule has 0 aliphatic carbocycles. The van der Waals surface area contributed by atoms with E-state index in [1.807, 2.05) is 97.8 Å². The smallest absolute Gasteiger partial charge is 0.410 e. The van der Waals surface area contributed by atoms with Crippen LogP contribution >= 0.6 is 0 Å². The van der Waals surface area contributed by atoms with Gasteiger partial charge in [0, 0.05) is 67.1 Å². The molecule has 1 fully saturated rings. The zero-order chi connectivity index (χ0) is 74.2. The molecule has 28 heteroatoms. The van der Waals surface area contributed by atoms with E-state index >= 15 is 0 Å². The second-order valence-electron chi connectivity index (χ2n) is 25.5. The second kappa shape index (κ2) is 53.2. The van der Waals surface area contributed by atoms with Crippen molar-refractivity contribution in [1.82, 2.24) is 51.9 Å². The van der Waals surface area contributed by atoms with Gasteiger partial charge in [-0.3, -0.25) is 43.3 Å². The Hall–Kier alpha value is -8.91. The molecule has 0 radical (unpaired) electrons. The van der Waals surface area contributed by atoms with Gasteiger partial charge in [0.2, 0.25) is 47.8 Å². The van der Waals surface area contributed by atoms with Gasteiger partial charge in [-0.1, -0.05) is 125 Å². The zero-order valence-corrected chi connectivity index (χ0v) is 64.3. The summed E-state index contributed by atoms with van der Waals surface area (Å²) in [7, 11) is 10.0. The van der Waals surface area contributed by atoms with Gasteiger partial charge in [-0.15, -0.1) is 0 Å². The third kappa shape index (κ3) is 40.0. The number of benzene rings is 2. The van der Waals surface area contributed by atoms with Crippen LogP contribution in [0, 0.1) is 23.7 Å². The first-order chi connectivity index (χ1) is 45.8. The SMILES string of the molecule is CCCCNC(=O)OC(C)(C)C.CCCNC.CC[C@H](C)C(C(CC(=O)N1CCCC1C(CC(=O)NCCc1ccccc1)OC)OC)N(C)C(=O)CC(C)C.CNC(=O)C(C(C)C)N(C)C(=O)OCc1ccc(NC(=O)CNC(=O)C(NC(=O)CN[C-]=O)C(C)C)cc1.NC=O.[Fm]. The molecule has 3 rings (SSSR count). The average molecular weight is 1630 g/mol. The van der Waals surface area contributed by atoms with E-state index in [1.165, 1.54) is 37.4 Å². The van der Waals surface area contributed by atoms with Crippen LogP contribution in [-0.2, 0) is 75.1 Å². The number of amides is 11. The molecule has 27 nitrogen and oxygen atoms in total. The Morgan fingerprint density at radius 1 is 0.735 bits per heavy atom. The zero-order valence-electron chi connectivity index (χ0n) is 61.9. The quantitative estimate of drug-likeness (QED) is 0.0166. The molecule has 0 saturated carbocycles. The summed E-state index contributed by atoms with van der Waals surface area (Å²) in [5, 5.41) is 20.9. The normalized spacial score (nSPS) is 13.9. The Balaban J connectivity index is -0.00000143. The molecular weight excluding hydrogens is 1510 g/mol. The minimum absolute atomic E-state index is 0. The number of carbonyl (C=O) groups excluding carboxylic acids is 11. The number of likely N-dealkylation sites (N-methyl/N-ethyl adjacent to an activating group) is 3. The van der Waals surface area contributed by atoms with E-state index in [9.17, 15) is 47.9 Å². The van der Waals surface area contributed by atoms with Gasteiger partial charge in [0.25, 0.3) is 0 Å². The fourth-order valence-corrected chi connectivity index (χ4v) is 10.1. The van der Waals surface area contributed by atoms with Crippen LogP contribution in [0.4, 0.5) is 15.3 Å². The Labute approximate surface area is 578 Å². The summed E-state index contributed by atoms with van der Waals surface area (Å²) in [5.41, 5.74) is 6.07. The summed E-state index contributed by atoms with van der Waals surface area (Å²) >= 11 is 0. The summed E-state index contributed by atoms with van der Waals surface area (Å²) in [6.45, 7) is 27.5. The number of nitrogens with two attached hydrogens (primary N) is 1. The molecule has 1 aliphatic heterocycles. The largest absolute Gasteiger partial charge is 0.522 e. The number of anilines is 1. The van der Waals surface area contributed by atoms with E-state index in [2.05, 4.69) is 76.0 Å². The summed E-state index contributed by atoms with van der Waals surface area (Å²) < 4.78 is 22.0. The van der Waals surface area contributed by atoms with Crippen LogP contribution in [0.3, 0.4) is 0 Å². The van der Waals surface area contributed by atoms with Crippen molar-refractivity contribution in [2.24, 2.45) is 29.4 Å². The fraction of sp³-hybridized carbons (Fsp3) is 0.671. The van der Waals surface area contributed by atoms with Gasteiger partial charge >= 0.3 is 12.2 Å². The predicted octanol–water partition coefficient (Wildman–Crippen LogP) is 5.97. The summed E-state index contributed by atoms with van der Waals surface area (Å²) in [4.78, 5) is 135. The number of rotatable bonds is 35. The van der Waals surface area contributed by atoms with Crippen molar-refractivity contribution in [3.63, 3.8) is 0 Å². The minimum Gasteiger partial charge on any atom is -0.522 e.